The molecule has 6 heteroatoms. The minimum atomic E-state index is -0.628. The molecule has 1 unspecified atom stereocenters. The predicted molar refractivity (Wildman–Crippen MR) is 42.7 cm³/mol. The van der Waals surface area contributed by atoms with Crippen LogP contribution in [-0.2, 0) is 9.59 Å². The van der Waals surface area contributed by atoms with Crippen molar-refractivity contribution < 1.29 is 19.8 Å². The average Bonchev–Trinajstić information content (AvgIpc) is 2.41. The summed E-state index contributed by atoms with van der Waals surface area (Å²) in [5.74, 6) is -0.742. The molecule has 4 N–H and O–H groups in total. The van der Waals surface area contributed by atoms with Crippen molar-refractivity contribution in [2.45, 2.75) is 18.5 Å². The van der Waals surface area contributed by atoms with Gasteiger partial charge in [0.1, 0.15) is 0 Å². The van der Waals surface area contributed by atoms with Crippen LogP contribution in [0.4, 0.5) is 0 Å². The molecule has 0 aromatic heterocycles. The van der Waals surface area contributed by atoms with E-state index in [4.69, 9.17) is 10.2 Å². The second-order valence-corrected chi connectivity index (χ2v) is 2.90. The van der Waals surface area contributed by atoms with Crippen molar-refractivity contribution in [2.24, 2.45) is 0 Å². The van der Waals surface area contributed by atoms with Gasteiger partial charge in [0.25, 0.3) is 0 Å². The maximum Gasteiger partial charge on any atom is 0.244 e. The Morgan fingerprint density at radius 2 is 2.08 bits per heavy atom. The SMILES string of the molecule is O=C1CC(NC(CO)CO)C(=O)N1. The van der Waals surface area contributed by atoms with E-state index < -0.39 is 18.0 Å². The van der Waals surface area contributed by atoms with Crippen LogP contribution in [0.1, 0.15) is 6.42 Å². The maximum absolute atomic E-state index is 11.0. The monoisotopic (exact) mass is 188 g/mol. The molecule has 0 bridgehead atoms. The van der Waals surface area contributed by atoms with Crippen molar-refractivity contribution in [3.05, 3.63) is 0 Å². The summed E-state index contributed by atoms with van der Waals surface area (Å²) in [4.78, 5) is 21.7. The summed E-state index contributed by atoms with van der Waals surface area (Å²) >= 11 is 0. The van der Waals surface area contributed by atoms with Gasteiger partial charge in [0.2, 0.25) is 11.8 Å². The van der Waals surface area contributed by atoms with Crippen molar-refractivity contribution in [3.63, 3.8) is 0 Å². The van der Waals surface area contributed by atoms with Gasteiger partial charge in [0.05, 0.1) is 31.7 Å². The van der Waals surface area contributed by atoms with Crippen LogP contribution in [0.3, 0.4) is 0 Å². The lowest BCUT2D eigenvalue weighted by Gasteiger charge is -2.16. The molecule has 0 radical (unpaired) electrons. The Hall–Kier alpha value is -0.980. The second kappa shape index (κ2) is 4.31. The molecule has 1 atom stereocenters. The lowest BCUT2D eigenvalue weighted by Crippen LogP contribution is -2.46. The van der Waals surface area contributed by atoms with Crippen LogP contribution in [0, 0.1) is 0 Å². The first-order valence-electron chi connectivity index (χ1n) is 3.99. The highest BCUT2D eigenvalue weighted by atomic mass is 16.3. The van der Waals surface area contributed by atoms with Crippen molar-refractivity contribution in [2.75, 3.05) is 13.2 Å². The highest BCUT2D eigenvalue weighted by molar-refractivity contribution is 6.05. The van der Waals surface area contributed by atoms with Gasteiger partial charge in [-0.15, -0.1) is 0 Å². The predicted octanol–water partition coefficient (Wildman–Crippen LogP) is -2.66. The van der Waals surface area contributed by atoms with Crippen LogP contribution < -0.4 is 10.6 Å². The quantitative estimate of drug-likeness (QED) is 0.361. The number of hydrogen-bond acceptors (Lipinski definition) is 5. The van der Waals surface area contributed by atoms with Crippen molar-refractivity contribution in [1.29, 1.82) is 0 Å². The van der Waals surface area contributed by atoms with Crippen LogP contribution in [0.15, 0.2) is 0 Å². The smallest absolute Gasteiger partial charge is 0.244 e. The van der Waals surface area contributed by atoms with Gasteiger partial charge >= 0.3 is 0 Å². The maximum atomic E-state index is 11.0. The van der Waals surface area contributed by atoms with E-state index in [9.17, 15) is 9.59 Å². The molecule has 0 aromatic carbocycles. The van der Waals surface area contributed by atoms with E-state index >= 15 is 0 Å². The molecule has 1 fully saturated rings. The van der Waals surface area contributed by atoms with Crippen LogP contribution in [-0.4, -0.2) is 47.3 Å². The first-order valence-corrected chi connectivity index (χ1v) is 3.99. The molecule has 2 amide bonds. The number of carbonyl (C=O) groups is 2. The van der Waals surface area contributed by atoms with E-state index in [0.29, 0.717) is 0 Å². The van der Waals surface area contributed by atoms with Gasteiger partial charge in [0, 0.05) is 0 Å². The molecule has 1 saturated heterocycles. The molecule has 1 aliphatic rings. The minimum absolute atomic E-state index is 0.0648. The van der Waals surface area contributed by atoms with Gasteiger partial charge < -0.3 is 10.2 Å². The van der Waals surface area contributed by atoms with E-state index in [1.807, 2.05) is 0 Å². The zero-order valence-corrected chi connectivity index (χ0v) is 6.99. The molecule has 6 nitrogen and oxygen atoms in total. The summed E-state index contributed by atoms with van der Waals surface area (Å²) in [6, 6.07) is -1.18. The molecule has 13 heavy (non-hydrogen) atoms. The summed E-state index contributed by atoms with van der Waals surface area (Å²) in [6.07, 6.45) is 0.0648. The van der Waals surface area contributed by atoms with Crippen LogP contribution in [0.25, 0.3) is 0 Å². The summed E-state index contributed by atoms with van der Waals surface area (Å²) in [6.45, 7) is -0.539. The molecule has 0 aliphatic carbocycles. The number of carbonyl (C=O) groups excluding carboxylic acids is 2. The number of aliphatic hydroxyl groups excluding tert-OH is 2. The number of nitrogens with one attached hydrogen (secondary N) is 2. The lowest BCUT2D eigenvalue weighted by molar-refractivity contribution is -0.125. The van der Waals surface area contributed by atoms with Crippen LogP contribution in [0.5, 0.6) is 0 Å². The molecule has 1 heterocycles. The van der Waals surface area contributed by atoms with E-state index in [0.717, 1.165) is 0 Å². The number of hydrogen-bond donors (Lipinski definition) is 4. The number of aliphatic hydroxyl groups is 2. The van der Waals surface area contributed by atoms with Crippen molar-refractivity contribution in [3.8, 4) is 0 Å². The third-order valence-electron chi connectivity index (χ3n) is 1.85. The van der Waals surface area contributed by atoms with Gasteiger partial charge in [-0.25, -0.2) is 0 Å². The fourth-order valence-corrected chi connectivity index (χ4v) is 1.14. The van der Waals surface area contributed by atoms with E-state index in [2.05, 4.69) is 10.6 Å². The Balaban J connectivity index is 2.44. The number of imide groups is 1. The fourth-order valence-electron chi connectivity index (χ4n) is 1.14. The lowest BCUT2D eigenvalue weighted by atomic mass is 10.2. The Labute approximate surface area is 74.9 Å². The van der Waals surface area contributed by atoms with Crippen LogP contribution >= 0.6 is 0 Å². The zero-order chi connectivity index (χ0) is 9.84. The topological polar surface area (TPSA) is 98.7 Å². The number of amides is 2. The first-order chi connectivity index (χ1) is 6.17. The van der Waals surface area contributed by atoms with Gasteiger partial charge in [-0.3, -0.25) is 20.2 Å². The van der Waals surface area contributed by atoms with Crippen molar-refractivity contribution >= 4 is 11.8 Å². The summed E-state index contributed by atoms with van der Waals surface area (Å²) < 4.78 is 0. The standard InChI is InChI=1S/C7H12N2O4/c10-2-4(3-11)8-5-1-6(12)9-7(5)13/h4-5,8,10-11H,1-3H2,(H,9,12,13). The Kier molecular flexibility index (Phi) is 3.35. The third kappa shape index (κ3) is 2.48. The summed E-state index contributed by atoms with van der Waals surface area (Å²) in [5.41, 5.74) is 0. The molecule has 74 valence electrons. The molecule has 0 aromatic rings. The normalized spacial score (nSPS) is 22.5. The highest BCUT2D eigenvalue weighted by Gasteiger charge is 2.31. The van der Waals surface area contributed by atoms with E-state index in [1.54, 1.807) is 0 Å². The van der Waals surface area contributed by atoms with Gasteiger partial charge in [-0.2, -0.15) is 0 Å². The Bertz CT molecular complexity index is 215. The van der Waals surface area contributed by atoms with Gasteiger partial charge in [0.15, 0.2) is 0 Å². The molecular weight excluding hydrogens is 176 g/mol. The Morgan fingerprint density at radius 1 is 1.46 bits per heavy atom. The van der Waals surface area contributed by atoms with Crippen molar-refractivity contribution in [1.82, 2.24) is 10.6 Å². The Morgan fingerprint density at radius 3 is 2.46 bits per heavy atom. The molecule has 1 rings (SSSR count). The van der Waals surface area contributed by atoms with Gasteiger partial charge in [-0.1, -0.05) is 0 Å². The third-order valence-corrected chi connectivity index (χ3v) is 1.85. The molecule has 0 spiro atoms. The highest BCUT2D eigenvalue weighted by Crippen LogP contribution is 2.02. The molecule has 1 aliphatic heterocycles. The summed E-state index contributed by atoms with van der Waals surface area (Å²) in [5, 5.41) is 22.2. The minimum Gasteiger partial charge on any atom is -0.395 e. The molecular formula is C7H12N2O4. The van der Waals surface area contributed by atoms with E-state index in [1.165, 1.54) is 0 Å². The van der Waals surface area contributed by atoms with Gasteiger partial charge in [-0.05, 0) is 0 Å². The average molecular weight is 188 g/mol. The van der Waals surface area contributed by atoms with Crippen LogP contribution in [0.2, 0.25) is 0 Å². The summed E-state index contributed by atoms with van der Waals surface area (Å²) in [7, 11) is 0. The van der Waals surface area contributed by atoms with E-state index in [-0.39, 0.29) is 25.5 Å². The number of rotatable bonds is 4. The largest absolute Gasteiger partial charge is 0.395 e. The fraction of sp³-hybridized carbons (Fsp3) is 0.714. The second-order valence-electron chi connectivity index (χ2n) is 2.90. The zero-order valence-electron chi connectivity index (χ0n) is 6.99. The molecule has 0 saturated carbocycles. The first kappa shape index (κ1) is 10.1.